The number of hydrogen-bond donors (Lipinski definition) is 2. The van der Waals surface area contributed by atoms with Crippen molar-refractivity contribution >= 4 is 5.91 Å². The van der Waals surface area contributed by atoms with E-state index in [9.17, 15) is 4.79 Å². The highest BCUT2D eigenvalue weighted by atomic mass is 16.2. The molecule has 1 saturated carbocycles. The predicted molar refractivity (Wildman–Crippen MR) is 84.7 cm³/mol. The molecule has 20 heavy (non-hydrogen) atoms. The fourth-order valence-electron chi connectivity index (χ4n) is 3.59. The van der Waals surface area contributed by atoms with Crippen LogP contribution in [0, 0.1) is 11.3 Å². The van der Waals surface area contributed by atoms with Crippen LogP contribution in [0.25, 0.3) is 0 Å². The van der Waals surface area contributed by atoms with Gasteiger partial charge in [-0.1, -0.05) is 13.8 Å². The molecular weight excluding hydrogens is 252 g/mol. The minimum absolute atomic E-state index is 0. The number of aliphatic hydroxyl groups is 1. The maximum Gasteiger partial charge on any atom is 0.234 e. The highest BCUT2D eigenvalue weighted by molar-refractivity contribution is 5.78. The van der Waals surface area contributed by atoms with Crippen LogP contribution < -0.4 is 5.32 Å². The van der Waals surface area contributed by atoms with E-state index in [0.29, 0.717) is 18.6 Å². The Morgan fingerprint density at radius 3 is 2.50 bits per heavy atom. The summed E-state index contributed by atoms with van der Waals surface area (Å²) in [5, 5.41) is 11.7. The van der Waals surface area contributed by atoms with Crippen molar-refractivity contribution in [2.75, 3.05) is 26.2 Å². The van der Waals surface area contributed by atoms with Crippen molar-refractivity contribution in [1.29, 1.82) is 0 Å². The van der Waals surface area contributed by atoms with Gasteiger partial charge in [0, 0.05) is 27.2 Å². The molecule has 2 rings (SSSR count). The average molecular weight is 286 g/mol. The van der Waals surface area contributed by atoms with E-state index in [0.717, 1.165) is 25.4 Å². The Bertz CT molecular complexity index is 297. The molecule has 1 amide bonds. The second-order valence-electron chi connectivity index (χ2n) is 6.51. The molecule has 2 N–H and O–H groups in total. The number of aliphatic hydroxyl groups excluding tert-OH is 1. The summed E-state index contributed by atoms with van der Waals surface area (Å²) in [5.41, 5.74) is 0.526. The van der Waals surface area contributed by atoms with E-state index >= 15 is 0 Å². The molecule has 0 aromatic carbocycles. The molecule has 0 bridgehead atoms. The SMILES string of the molecule is CC.CC(C)NC(=O)CN1CC2(CC(CCCO)C2)C1.[HH]. The van der Waals surface area contributed by atoms with E-state index < -0.39 is 0 Å². The van der Waals surface area contributed by atoms with Crippen LogP contribution in [0.15, 0.2) is 0 Å². The van der Waals surface area contributed by atoms with Gasteiger partial charge in [0.2, 0.25) is 5.91 Å². The molecule has 0 atom stereocenters. The zero-order valence-electron chi connectivity index (χ0n) is 13.6. The molecule has 4 heteroatoms. The number of rotatable bonds is 6. The van der Waals surface area contributed by atoms with Crippen LogP contribution >= 0.6 is 0 Å². The summed E-state index contributed by atoms with van der Waals surface area (Å²) in [6.45, 7) is 11.1. The molecule has 1 heterocycles. The van der Waals surface area contributed by atoms with Crippen LogP contribution in [0.4, 0.5) is 0 Å². The summed E-state index contributed by atoms with van der Waals surface area (Å²) in [5.74, 6) is 0.972. The van der Waals surface area contributed by atoms with Crippen molar-refractivity contribution in [3.63, 3.8) is 0 Å². The molecule has 0 aromatic heterocycles. The van der Waals surface area contributed by atoms with Gasteiger partial charge in [-0.25, -0.2) is 0 Å². The molecule has 1 saturated heterocycles. The Balaban J connectivity index is 0.00000128. The Hall–Kier alpha value is -0.610. The summed E-state index contributed by atoms with van der Waals surface area (Å²) in [6.07, 6.45) is 4.72. The van der Waals surface area contributed by atoms with E-state index in [1.807, 2.05) is 27.7 Å². The van der Waals surface area contributed by atoms with Crippen molar-refractivity contribution in [3.05, 3.63) is 0 Å². The minimum atomic E-state index is 0. The maximum absolute atomic E-state index is 11.6. The van der Waals surface area contributed by atoms with Gasteiger partial charge in [-0.2, -0.15) is 0 Å². The zero-order valence-corrected chi connectivity index (χ0v) is 13.6. The van der Waals surface area contributed by atoms with E-state index in [-0.39, 0.29) is 13.4 Å². The number of carbonyl (C=O) groups is 1. The standard InChI is InChI=1S/C14H26N2O2.C2H6.H2/c1-11(2)15-13(18)8-16-9-14(10-16)6-12(7-14)4-3-5-17;1-2;/h11-12,17H,3-10H2,1-2H3,(H,15,18);1-2H3;1H. The molecule has 2 aliphatic rings. The first-order valence-electron chi connectivity index (χ1n) is 8.15. The number of likely N-dealkylation sites (tertiary alicyclic amines) is 1. The highest BCUT2D eigenvalue weighted by Gasteiger charge is 2.51. The van der Waals surface area contributed by atoms with Crippen molar-refractivity contribution in [2.24, 2.45) is 11.3 Å². The van der Waals surface area contributed by atoms with Gasteiger partial charge in [-0.15, -0.1) is 0 Å². The Kier molecular flexibility index (Phi) is 6.96. The number of nitrogens with zero attached hydrogens (tertiary/aromatic N) is 1. The first kappa shape index (κ1) is 17.4. The maximum atomic E-state index is 11.6. The lowest BCUT2D eigenvalue weighted by molar-refractivity contribution is -0.133. The average Bonchev–Trinajstić information content (AvgIpc) is 2.30. The molecule has 0 unspecified atom stereocenters. The van der Waals surface area contributed by atoms with Gasteiger partial charge in [-0.05, 0) is 50.9 Å². The van der Waals surface area contributed by atoms with Crippen LogP contribution in [-0.2, 0) is 4.79 Å². The van der Waals surface area contributed by atoms with Crippen LogP contribution in [-0.4, -0.2) is 48.2 Å². The van der Waals surface area contributed by atoms with Crippen LogP contribution in [0.2, 0.25) is 0 Å². The van der Waals surface area contributed by atoms with Crippen LogP contribution in [0.3, 0.4) is 0 Å². The van der Waals surface area contributed by atoms with Crippen molar-refractivity contribution in [3.8, 4) is 0 Å². The molecule has 4 nitrogen and oxygen atoms in total. The summed E-state index contributed by atoms with van der Waals surface area (Å²) in [6, 6.07) is 0.235. The second-order valence-corrected chi connectivity index (χ2v) is 6.51. The monoisotopic (exact) mass is 286 g/mol. The van der Waals surface area contributed by atoms with E-state index in [2.05, 4.69) is 10.2 Å². The highest BCUT2D eigenvalue weighted by Crippen LogP contribution is 2.53. The van der Waals surface area contributed by atoms with Crippen molar-refractivity contribution in [2.45, 2.75) is 59.4 Å². The first-order chi connectivity index (χ1) is 9.53. The quantitative estimate of drug-likeness (QED) is 0.787. The molecule has 2 fully saturated rings. The normalized spacial score (nSPS) is 20.9. The number of nitrogens with one attached hydrogen (secondary N) is 1. The van der Waals surface area contributed by atoms with Gasteiger partial charge in [0.25, 0.3) is 0 Å². The third-order valence-electron chi connectivity index (χ3n) is 4.15. The van der Waals surface area contributed by atoms with Gasteiger partial charge in [0.1, 0.15) is 0 Å². The van der Waals surface area contributed by atoms with Crippen LogP contribution in [0.1, 0.15) is 54.8 Å². The third-order valence-corrected chi connectivity index (χ3v) is 4.15. The van der Waals surface area contributed by atoms with Crippen molar-refractivity contribution in [1.82, 2.24) is 10.2 Å². The number of amides is 1. The molecule has 1 aliphatic carbocycles. The molecular formula is C16H34N2O2. The number of hydrogen-bond acceptors (Lipinski definition) is 3. The Morgan fingerprint density at radius 1 is 1.40 bits per heavy atom. The lowest BCUT2D eigenvalue weighted by atomic mass is 9.57. The van der Waals surface area contributed by atoms with E-state index in [1.54, 1.807) is 0 Å². The van der Waals surface area contributed by atoms with Gasteiger partial charge >= 0.3 is 0 Å². The van der Waals surface area contributed by atoms with E-state index in [1.165, 1.54) is 19.3 Å². The summed E-state index contributed by atoms with van der Waals surface area (Å²) in [4.78, 5) is 13.8. The largest absolute Gasteiger partial charge is 0.396 e. The molecule has 0 radical (unpaired) electrons. The fraction of sp³-hybridized carbons (Fsp3) is 0.938. The zero-order chi connectivity index (χ0) is 15.2. The molecule has 120 valence electrons. The summed E-state index contributed by atoms with van der Waals surface area (Å²) >= 11 is 0. The Labute approximate surface area is 125 Å². The Morgan fingerprint density at radius 2 is 2.00 bits per heavy atom. The topological polar surface area (TPSA) is 52.6 Å². The lowest BCUT2D eigenvalue weighted by Crippen LogP contribution is -2.63. The van der Waals surface area contributed by atoms with Gasteiger partial charge in [-0.3, -0.25) is 9.69 Å². The van der Waals surface area contributed by atoms with Crippen LogP contribution in [0.5, 0.6) is 0 Å². The second kappa shape index (κ2) is 7.99. The molecule has 0 aromatic rings. The van der Waals surface area contributed by atoms with Crippen molar-refractivity contribution < 1.29 is 11.3 Å². The fourth-order valence-corrected chi connectivity index (χ4v) is 3.59. The third kappa shape index (κ3) is 4.74. The minimum Gasteiger partial charge on any atom is -0.396 e. The molecule has 1 aliphatic heterocycles. The summed E-state index contributed by atoms with van der Waals surface area (Å²) in [7, 11) is 0. The smallest absolute Gasteiger partial charge is 0.234 e. The van der Waals surface area contributed by atoms with Gasteiger partial charge in [0.15, 0.2) is 0 Å². The molecule has 1 spiro atoms. The predicted octanol–water partition coefficient (Wildman–Crippen LogP) is 2.27. The lowest BCUT2D eigenvalue weighted by Gasteiger charge is -2.59. The number of carbonyl (C=O) groups excluding carboxylic acids is 1. The van der Waals surface area contributed by atoms with Gasteiger partial charge < -0.3 is 10.4 Å². The first-order valence-corrected chi connectivity index (χ1v) is 8.15. The van der Waals surface area contributed by atoms with Gasteiger partial charge in [0.05, 0.1) is 6.54 Å². The summed E-state index contributed by atoms with van der Waals surface area (Å²) < 4.78 is 0. The van der Waals surface area contributed by atoms with E-state index in [4.69, 9.17) is 5.11 Å².